The number of hydrogen-bond donors (Lipinski definition) is 22. The number of aliphatic carboxylic acids is 1. The first-order valence-corrected chi connectivity index (χ1v) is 50.8. The van der Waals surface area contributed by atoms with Crippen molar-refractivity contribution in [3.8, 4) is 0 Å². The van der Waals surface area contributed by atoms with Gasteiger partial charge in [0.1, 0.15) is 66.5 Å². The third kappa shape index (κ3) is 42.6. The van der Waals surface area contributed by atoms with Crippen molar-refractivity contribution in [3.05, 3.63) is 35.4 Å². The normalized spacial score (nSPS) is 28.9. The maximum absolute atomic E-state index is 15.3. The number of carboxylic acids is 1. The number of piperidine rings is 1. The quantitative estimate of drug-likeness (QED) is 0.0316. The van der Waals surface area contributed by atoms with Crippen LogP contribution in [0.2, 0.25) is 0 Å². The van der Waals surface area contributed by atoms with Crippen LogP contribution in [0.1, 0.15) is 201 Å². The summed E-state index contributed by atoms with van der Waals surface area (Å²) in [6.07, 6.45) is -0.446. The molecule has 23 N–H and O–H groups in total. The topological polar surface area (TPSA) is 614 Å². The van der Waals surface area contributed by atoms with Gasteiger partial charge in [0, 0.05) is 68.1 Å². The Morgan fingerprint density at radius 2 is 0.934 bits per heavy atom. The summed E-state index contributed by atoms with van der Waals surface area (Å²) >= 11 is 2.75. The lowest BCUT2D eigenvalue weighted by molar-refractivity contribution is -0.139. The fourth-order valence-corrected chi connectivity index (χ4v) is 19.3. The van der Waals surface area contributed by atoms with Gasteiger partial charge in [0.05, 0.1) is 110 Å². The molecule has 5 fully saturated rings. The van der Waals surface area contributed by atoms with E-state index in [1.165, 1.54) is 37.4 Å². The first-order chi connectivity index (χ1) is 65.1. The number of nitrogens with two attached hydrogens (primary N) is 1. The SMILES string of the molecule is CCC[C@@H]1NC(=O)[C@H](CC2CNC3NCCCC23)NC(=O)[C@H]([C@@H](C)O)NC(=O)[C@H](CC2CNCN2)NC(=O)[C@H](CC2CCC(O)CC2)NC(=O)[C@H](C(C)(C)C)NC(=O)CCSCc2cccc(c2)CSC[C@@H](C(=O)NCCOCCOCCOCCOCCOCCOCCC(N)=O)NC(=O)[C@H]([C@@H](C)O)NC(=O)[C@H](CCC)NC(=O)[C@H](CC2CCC(O)CC2)NC(=O)[C@H](CCC(=O)O)NC1=O. The number of benzene rings is 1. The molecule has 7 rings (SSSR count). The third-order valence-corrected chi connectivity index (χ3v) is 27.2. The fourth-order valence-electron chi connectivity index (χ4n) is 17.4. The van der Waals surface area contributed by atoms with Gasteiger partial charge in [-0.2, -0.15) is 23.5 Å². The molecule has 13 amide bonds. The number of aliphatic hydroxyl groups excluding tert-OH is 4. The molecule has 1 aromatic carbocycles. The smallest absolute Gasteiger partial charge is 0.303 e. The molecule has 44 heteroatoms. The molecule has 17 atom stereocenters. The number of ether oxygens (including phenoxy) is 6. The molecule has 0 spiro atoms. The average Bonchev–Trinajstić information content (AvgIpc) is 1.56. The van der Waals surface area contributed by atoms with Gasteiger partial charge in [0.2, 0.25) is 76.8 Å². The summed E-state index contributed by atoms with van der Waals surface area (Å²) in [7, 11) is 0. The van der Waals surface area contributed by atoms with E-state index in [-0.39, 0.29) is 146 Å². The van der Waals surface area contributed by atoms with Crippen LogP contribution < -0.4 is 90.8 Å². The molecule has 2 aliphatic carbocycles. The van der Waals surface area contributed by atoms with E-state index in [1.54, 1.807) is 34.6 Å². The summed E-state index contributed by atoms with van der Waals surface area (Å²) in [4.78, 5) is 202. The van der Waals surface area contributed by atoms with E-state index in [0.29, 0.717) is 128 Å². The Bertz CT molecular complexity index is 3900. The number of aliphatic hydroxyl groups is 4. The van der Waals surface area contributed by atoms with Crippen LogP contribution in [-0.2, 0) is 107 Å². The molecule has 770 valence electrons. The number of primary amides is 1. The lowest BCUT2D eigenvalue weighted by Crippen LogP contribution is -2.63. The summed E-state index contributed by atoms with van der Waals surface area (Å²) in [5, 5.41) is 101. The van der Waals surface area contributed by atoms with Crippen LogP contribution in [0.4, 0.5) is 0 Å². The Hall–Kier alpha value is -8.06. The number of hydrogen-bond acceptors (Lipinski definition) is 30. The lowest BCUT2D eigenvalue weighted by atomic mass is 9.82. The van der Waals surface area contributed by atoms with Crippen molar-refractivity contribution in [1.82, 2.24) is 85.1 Å². The molecule has 6 aliphatic rings. The number of nitrogens with one attached hydrogen (secondary N) is 16. The monoisotopic (exact) mass is 1960 g/mol. The number of fused-ring (bicyclic) bond motifs is 3. The van der Waals surface area contributed by atoms with Crippen LogP contribution >= 0.6 is 23.5 Å². The third-order valence-electron chi connectivity index (χ3n) is 25.1. The molecule has 2 saturated carbocycles. The zero-order chi connectivity index (χ0) is 99.1. The van der Waals surface area contributed by atoms with E-state index in [0.717, 1.165) is 30.5 Å². The molecule has 0 radical (unpaired) electrons. The van der Waals surface area contributed by atoms with Crippen molar-refractivity contribution in [2.45, 2.75) is 304 Å². The van der Waals surface area contributed by atoms with Crippen molar-refractivity contribution in [2.24, 2.45) is 34.8 Å². The van der Waals surface area contributed by atoms with Crippen molar-refractivity contribution >= 4 is 106 Å². The van der Waals surface area contributed by atoms with Gasteiger partial charge in [-0.1, -0.05) is 71.7 Å². The van der Waals surface area contributed by atoms with Crippen molar-refractivity contribution in [1.29, 1.82) is 0 Å². The average molecular weight is 1960 g/mol. The van der Waals surface area contributed by atoms with Crippen molar-refractivity contribution in [2.75, 3.05) is 124 Å². The van der Waals surface area contributed by atoms with Gasteiger partial charge in [-0.25, -0.2) is 0 Å². The lowest BCUT2D eigenvalue weighted by Gasteiger charge is -2.34. The van der Waals surface area contributed by atoms with Crippen LogP contribution in [0.25, 0.3) is 0 Å². The Kier molecular flexibility index (Phi) is 52.5. The molecule has 4 heterocycles. The second-order valence-corrected chi connectivity index (χ2v) is 39.5. The second kappa shape index (κ2) is 62.2. The van der Waals surface area contributed by atoms with Gasteiger partial charge in [-0.05, 0) is 176 Å². The van der Waals surface area contributed by atoms with Gasteiger partial charge < -0.3 is 145 Å². The molecule has 1 aromatic rings. The van der Waals surface area contributed by atoms with Gasteiger partial charge in [0.15, 0.2) is 0 Å². The van der Waals surface area contributed by atoms with E-state index < -0.39 is 198 Å². The Labute approximate surface area is 806 Å². The molecule has 2 bridgehead atoms. The molecule has 3 saturated heterocycles. The minimum atomic E-state index is -1.79. The van der Waals surface area contributed by atoms with E-state index in [2.05, 4.69) is 85.1 Å². The number of thioether (sulfide) groups is 2. The highest BCUT2D eigenvalue weighted by Gasteiger charge is 2.45. The summed E-state index contributed by atoms with van der Waals surface area (Å²) in [6, 6.07) is -9.15. The Balaban J connectivity index is 1.16. The van der Waals surface area contributed by atoms with Crippen LogP contribution in [-0.4, -0.2) is 335 Å². The molecule has 42 nitrogen and oxygen atoms in total. The van der Waals surface area contributed by atoms with Crippen LogP contribution in [0.3, 0.4) is 0 Å². The fraction of sp³-hybridized carbons (Fsp3) is 0.783. The minimum absolute atomic E-state index is 0.0113. The van der Waals surface area contributed by atoms with Crippen molar-refractivity contribution in [3.63, 3.8) is 0 Å². The Morgan fingerprint density at radius 1 is 0.493 bits per heavy atom. The summed E-state index contributed by atoms with van der Waals surface area (Å²) in [5.74, 6) is -11.7. The molecule has 4 unspecified atom stereocenters. The van der Waals surface area contributed by atoms with Gasteiger partial charge in [-0.15, -0.1) is 0 Å². The van der Waals surface area contributed by atoms with Crippen molar-refractivity contribution < 1.29 is 121 Å². The number of amides is 13. The van der Waals surface area contributed by atoms with E-state index in [1.807, 2.05) is 24.3 Å². The van der Waals surface area contributed by atoms with Crippen LogP contribution in [0, 0.1) is 29.1 Å². The molecular formula is C92H155N17O25S2. The highest BCUT2D eigenvalue weighted by molar-refractivity contribution is 7.98. The maximum atomic E-state index is 15.3. The van der Waals surface area contributed by atoms with Gasteiger partial charge >= 0.3 is 5.97 Å². The zero-order valence-corrected chi connectivity index (χ0v) is 81.8. The highest BCUT2D eigenvalue weighted by Crippen LogP contribution is 2.34. The predicted molar refractivity (Wildman–Crippen MR) is 506 cm³/mol. The molecule has 0 aromatic heterocycles. The van der Waals surface area contributed by atoms with E-state index >= 15 is 28.8 Å². The second-order valence-electron chi connectivity index (χ2n) is 37.4. The minimum Gasteiger partial charge on any atom is -0.481 e. The van der Waals surface area contributed by atoms with Crippen LogP contribution in [0.5, 0.6) is 0 Å². The predicted octanol–water partition coefficient (Wildman–Crippen LogP) is -2.02. The number of carboxylic acid groups (broad SMARTS) is 1. The van der Waals surface area contributed by atoms with E-state index in [9.17, 15) is 63.9 Å². The highest BCUT2D eigenvalue weighted by atomic mass is 32.2. The Morgan fingerprint density at radius 3 is 1.42 bits per heavy atom. The standard InChI is InChI=1S/C92H155N17O25S2/c1-8-12-66-82(119)101-68(25-26-76(116)117)83(120)102-69(45-57-17-21-63(112)22-18-57)85(122)100-67(13-9-2)84(121)108-78(56(4)111)90(127)106-73(81(118)96-30-32-130-34-36-132-38-40-134-42-41-133-39-37-131-35-33-129-31-27-74(93)114)53-136-52-60-15-10-14-59(44-60)51-135-43-28-75(115)107-79(92(5,6)7)91(128)105-70(46-58-19-23-64(113)24-20-58)86(123)103-72(48-62-50-94-54-98-62)88(125)109-77(55(3)110)89(126)104-71(87(124)99-66)47-61-49-97-80-65(61)16-11-29-95-80/h10,14-15,44,55-58,61-73,77-80,94-95,97-98,110-113H,8-9,11-13,16-43,45-54H2,1-7H3,(H2,93,114)(H,96,118)(H,99,124)(H,100,122)(H,101,119)(H,102,120)(H,103,123)(H,104,126)(H,105,128)(H,106,127)(H,107,115)(H,108,121)(H,109,125)(H,116,117)/t55-,56-,57?,58?,61?,62?,63?,64?,65?,66+,67+,68+,69+,70+,71+,72+,73+,77+,78+,79-,80?/m1/s1. The summed E-state index contributed by atoms with van der Waals surface area (Å²) in [5.41, 5.74) is 5.90. The molecular weight excluding hydrogens is 1810 g/mol. The number of rotatable bonds is 39. The zero-order valence-electron chi connectivity index (χ0n) is 80.1. The first-order valence-electron chi connectivity index (χ1n) is 48.5. The maximum Gasteiger partial charge on any atom is 0.303 e. The van der Waals surface area contributed by atoms with E-state index in [4.69, 9.17) is 34.2 Å². The molecule has 136 heavy (non-hydrogen) atoms. The summed E-state index contributed by atoms with van der Waals surface area (Å²) in [6.45, 7) is 16.2. The first kappa shape index (κ1) is 115. The molecule has 4 aliphatic heterocycles. The van der Waals surface area contributed by atoms with Crippen LogP contribution in [0.15, 0.2) is 24.3 Å². The summed E-state index contributed by atoms with van der Waals surface area (Å²) < 4.78 is 33.2. The van der Waals surface area contributed by atoms with Gasteiger partial charge in [0.25, 0.3) is 0 Å². The largest absolute Gasteiger partial charge is 0.481 e. The van der Waals surface area contributed by atoms with Gasteiger partial charge in [-0.3, -0.25) is 67.1 Å². The number of carbonyl (C=O) groups excluding carboxylic acids is 13. The number of carbonyl (C=O) groups is 14.